The number of carbonyl (C=O) groups excluding carboxylic acids is 1. The van der Waals surface area contributed by atoms with Gasteiger partial charge in [-0.25, -0.2) is 4.79 Å². The van der Waals surface area contributed by atoms with E-state index in [1.807, 2.05) is 0 Å². The zero-order valence-corrected chi connectivity index (χ0v) is 9.26. The van der Waals surface area contributed by atoms with E-state index in [0.29, 0.717) is 0 Å². The smallest absolute Gasteiger partial charge is 0.407 e. The fourth-order valence-electron chi connectivity index (χ4n) is 0.579. The fourth-order valence-corrected chi connectivity index (χ4v) is 0.579. The van der Waals surface area contributed by atoms with Gasteiger partial charge in [-0.2, -0.15) is 0 Å². The lowest BCUT2D eigenvalue weighted by Crippen LogP contribution is -2.57. The van der Waals surface area contributed by atoms with Crippen LogP contribution in [-0.4, -0.2) is 28.9 Å². The van der Waals surface area contributed by atoms with Gasteiger partial charge in [0.25, 0.3) is 0 Å². The summed E-state index contributed by atoms with van der Waals surface area (Å²) in [7, 11) is 0. The van der Waals surface area contributed by atoms with E-state index < -0.39 is 17.2 Å². The largest absolute Gasteiger partial charge is 0.445 e. The van der Waals surface area contributed by atoms with Gasteiger partial charge >= 0.3 is 6.09 Å². The molecule has 0 heterocycles. The van der Waals surface area contributed by atoms with Crippen molar-refractivity contribution in [1.82, 2.24) is 5.32 Å². The van der Waals surface area contributed by atoms with Crippen molar-refractivity contribution in [3.05, 3.63) is 12.7 Å². The molecule has 0 atom stereocenters. The molecule has 1 amide bonds. The maximum Gasteiger partial charge on any atom is 0.407 e. The molecular weight excluding hydrogens is 182 g/mol. The molecule has 4 nitrogen and oxygen atoms in total. The summed E-state index contributed by atoms with van der Waals surface area (Å²) < 4.78 is 4.74. The van der Waals surface area contributed by atoms with E-state index in [9.17, 15) is 9.90 Å². The van der Waals surface area contributed by atoms with Crippen LogP contribution in [0.1, 0.15) is 27.7 Å². The average Bonchev–Trinajstić information content (AvgIpc) is 1.97. The van der Waals surface area contributed by atoms with E-state index in [0.717, 1.165) is 0 Å². The minimum absolute atomic E-state index is 0.160. The third kappa shape index (κ3) is 3.79. The minimum Gasteiger partial charge on any atom is -0.445 e. The summed E-state index contributed by atoms with van der Waals surface area (Å²) >= 11 is 0. The first-order valence-electron chi connectivity index (χ1n) is 4.49. The van der Waals surface area contributed by atoms with Crippen molar-refractivity contribution >= 4 is 6.09 Å². The zero-order chi connectivity index (χ0) is 11.4. The maximum absolute atomic E-state index is 11.2. The van der Waals surface area contributed by atoms with Crippen molar-refractivity contribution in [2.45, 2.75) is 38.8 Å². The Balaban J connectivity index is 4.22. The summed E-state index contributed by atoms with van der Waals surface area (Å²) in [5, 5.41) is 12.3. The summed E-state index contributed by atoms with van der Waals surface area (Å²) in [6.07, 6.45) is 0.924. The standard InChI is InChI=1S/C10H19NO3/c1-6-7-14-8(12)11-9(2,3)10(4,5)13/h6,13H,1,7H2,2-5H3,(H,11,12). The van der Waals surface area contributed by atoms with Gasteiger partial charge < -0.3 is 15.2 Å². The Kier molecular flexibility index (Phi) is 4.13. The van der Waals surface area contributed by atoms with Crippen LogP contribution in [0, 0.1) is 0 Å². The lowest BCUT2D eigenvalue weighted by molar-refractivity contribution is -0.00440. The zero-order valence-electron chi connectivity index (χ0n) is 9.26. The Labute approximate surface area is 85.0 Å². The quantitative estimate of drug-likeness (QED) is 0.677. The topological polar surface area (TPSA) is 58.6 Å². The molecule has 0 radical (unpaired) electrons. The van der Waals surface area contributed by atoms with Gasteiger partial charge in [0, 0.05) is 0 Å². The number of ether oxygens (including phenoxy) is 1. The number of amides is 1. The van der Waals surface area contributed by atoms with E-state index in [2.05, 4.69) is 11.9 Å². The fraction of sp³-hybridized carbons (Fsp3) is 0.700. The Morgan fingerprint density at radius 1 is 1.50 bits per heavy atom. The number of alkyl carbamates (subject to hydrolysis) is 1. The summed E-state index contributed by atoms with van der Waals surface area (Å²) in [4.78, 5) is 11.2. The molecule has 0 spiro atoms. The van der Waals surface area contributed by atoms with Crippen LogP contribution in [-0.2, 0) is 4.74 Å². The van der Waals surface area contributed by atoms with Gasteiger partial charge in [0.1, 0.15) is 6.61 Å². The summed E-state index contributed by atoms with van der Waals surface area (Å²) in [6, 6.07) is 0. The molecule has 0 aromatic rings. The number of aliphatic hydroxyl groups is 1. The molecule has 0 bridgehead atoms. The van der Waals surface area contributed by atoms with Gasteiger partial charge in [-0.1, -0.05) is 12.7 Å². The van der Waals surface area contributed by atoms with Crippen molar-refractivity contribution < 1.29 is 14.6 Å². The molecule has 0 aromatic heterocycles. The van der Waals surface area contributed by atoms with Crippen molar-refractivity contribution in [3.8, 4) is 0 Å². The van der Waals surface area contributed by atoms with E-state index in [-0.39, 0.29) is 6.61 Å². The normalized spacial score (nSPS) is 12.1. The predicted molar refractivity (Wildman–Crippen MR) is 55.1 cm³/mol. The molecule has 2 N–H and O–H groups in total. The Hall–Kier alpha value is -1.03. The van der Waals surface area contributed by atoms with E-state index in [1.165, 1.54) is 6.08 Å². The van der Waals surface area contributed by atoms with Gasteiger partial charge in [0.2, 0.25) is 0 Å². The van der Waals surface area contributed by atoms with Crippen molar-refractivity contribution in [2.75, 3.05) is 6.61 Å². The highest BCUT2D eigenvalue weighted by Crippen LogP contribution is 2.20. The Morgan fingerprint density at radius 3 is 2.36 bits per heavy atom. The number of nitrogens with one attached hydrogen (secondary N) is 1. The Morgan fingerprint density at radius 2 is 2.00 bits per heavy atom. The number of rotatable bonds is 4. The van der Waals surface area contributed by atoms with Gasteiger partial charge in [-0.05, 0) is 27.7 Å². The van der Waals surface area contributed by atoms with Crippen LogP contribution >= 0.6 is 0 Å². The molecule has 0 unspecified atom stereocenters. The van der Waals surface area contributed by atoms with Gasteiger partial charge in [-0.15, -0.1) is 0 Å². The SMILES string of the molecule is C=CCOC(=O)NC(C)(C)C(C)(C)O. The number of carbonyl (C=O) groups is 1. The van der Waals surface area contributed by atoms with Crippen LogP contribution in [0.3, 0.4) is 0 Å². The van der Waals surface area contributed by atoms with Crippen LogP contribution in [0.5, 0.6) is 0 Å². The second-order valence-corrected chi connectivity index (χ2v) is 4.20. The first-order chi connectivity index (χ1) is 6.20. The Bertz CT molecular complexity index is 216. The highest BCUT2D eigenvalue weighted by Gasteiger charge is 2.36. The first kappa shape index (κ1) is 13.0. The first-order valence-corrected chi connectivity index (χ1v) is 4.49. The highest BCUT2D eigenvalue weighted by atomic mass is 16.5. The molecule has 0 saturated heterocycles. The highest BCUT2D eigenvalue weighted by molar-refractivity contribution is 5.68. The number of hydrogen-bond donors (Lipinski definition) is 2. The molecule has 0 aliphatic heterocycles. The van der Waals surface area contributed by atoms with Crippen LogP contribution < -0.4 is 5.32 Å². The number of hydrogen-bond acceptors (Lipinski definition) is 3. The average molecular weight is 201 g/mol. The van der Waals surface area contributed by atoms with E-state index in [4.69, 9.17) is 4.74 Å². The van der Waals surface area contributed by atoms with Crippen LogP contribution in [0.15, 0.2) is 12.7 Å². The molecule has 0 aromatic carbocycles. The van der Waals surface area contributed by atoms with E-state index >= 15 is 0 Å². The summed E-state index contributed by atoms with van der Waals surface area (Å²) in [5.41, 5.74) is -1.76. The van der Waals surface area contributed by atoms with Crippen LogP contribution in [0.4, 0.5) is 4.79 Å². The van der Waals surface area contributed by atoms with Gasteiger partial charge in [-0.3, -0.25) is 0 Å². The molecular formula is C10H19NO3. The van der Waals surface area contributed by atoms with Crippen molar-refractivity contribution in [2.24, 2.45) is 0 Å². The molecule has 0 aliphatic rings. The second-order valence-electron chi connectivity index (χ2n) is 4.20. The van der Waals surface area contributed by atoms with Crippen molar-refractivity contribution in [1.29, 1.82) is 0 Å². The molecule has 0 aliphatic carbocycles. The summed E-state index contributed by atoms with van der Waals surface area (Å²) in [5.74, 6) is 0. The molecule has 0 saturated carbocycles. The van der Waals surface area contributed by atoms with Gasteiger partial charge in [0.05, 0.1) is 11.1 Å². The van der Waals surface area contributed by atoms with Crippen LogP contribution in [0.25, 0.3) is 0 Å². The minimum atomic E-state index is -1.01. The maximum atomic E-state index is 11.2. The van der Waals surface area contributed by atoms with Crippen molar-refractivity contribution in [3.63, 3.8) is 0 Å². The lowest BCUT2D eigenvalue weighted by atomic mass is 9.86. The van der Waals surface area contributed by atoms with Crippen LogP contribution in [0.2, 0.25) is 0 Å². The lowest BCUT2D eigenvalue weighted by Gasteiger charge is -2.37. The third-order valence-electron chi connectivity index (χ3n) is 2.28. The molecule has 0 fully saturated rings. The molecule has 0 rings (SSSR count). The third-order valence-corrected chi connectivity index (χ3v) is 2.28. The molecule has 4 heteroatoms. The monoisotopic (exact) mass is 201 g/mol. The van der Waals surface area contributed by atoms with E-state index in [1.54, 1.807) is 27.7 Å². The predicted octanol–water partition coefficient (Wildman–Crippen LogP) is 1.45. The second kappa shape index (κ2) is 4.46. The molecule has 14 heavy (non-hydrogen) atoms. The van der Waals surface area contributed by atoms with Gasteiger partial charge in [0.15, 0.2) is 0 Å². The molecule has 82 valence electrons. The summed E-state index contributed by atoms with van der Waals surface area (Å²) in [6.45, 7) is 10.3.